The minimum atomic E-state index is 0. The van der Waals surface area contributed by atoms with Gasteiger partial charge in [-0.2, -0.15) is 23.6 Å². The summed E-state index contributed by atoms with van der Waals surface area (Å²) in [7, 11) is 2.07. The molecule has 0 radical (unpaired) electrons. The first-order valence-corrected chi connectivity index (χ1v) is 15.3. The fourth-order valence-corrected chi connectivity index (χ4v) is 6.42. The van der Waals surface area contributed by atoms with Crippen molar-refractivity contribution < 1.29 is 21.1 Å². The monoisotopic (exact) mass is 786 g/mol. The van der Waals surface area contributed by atoms with Gasteiger partial charge >= 0.3 is 0 Å². The second-order valence-electron chi connectivity index (χ2n) is 11.4. The van der Waals surface area contributed by atoms with Crippen molar-refractivity contribution in [3.05, 3.63) is 158 Å². The van der Waals surface area contributed by atoms with E-state index in [9.17, 15) is 0 Å². The fraction of sp³-hybridized carbons (Fsp3) is 0.0250. The summed E-state index contributed by atoms with van der Waals surface area (Å²) < 4.78 is 2.24. The summed E-state index contributed by atoms with van der Waals surface area (Å²) >= 11 is 0. The van der Waals surface area contributed by atoms with Crippen LogP contribution in [0.1, 0.15) is 0 Å². The Hall–Kier alpha value is -5.45. The number of nitrogens with zero attached hydrogens (tertiary/aromatic N) is 6. The molecule has 6 nitrogen and oxygen atoms in total. The van der Waals surface area contributed by atoms with E-state index in [0.29, 0.717) is 0 Å². The van der Waals surface area contributed by atoms with Gasteiger partial charge in [-0.25, -0.2) is 0 Å². The van der Waals surface area contributed by atoms with Crippen molar-refractivity contribution in [2.75, 3.05) is 16.8 Å². The quantitative estimate of drug-likeness (QED) is 0.164. The van der Waals surface area contributed by atoms with Crippen molar-refractivity contribution in [1.29, 1.82) is 0 Å². The Balaban J connectivity index is 0.00000324. The van der Waals surface area contributed by atoms with Crippen LogP contribution in [0.25, 0.3) is 55.7 Å². The van der Waals surface area contributed by atoms with Crippen LogP contribution in [0.4, 0.5) is 17.1 Å². The van der Waals surface area contributed by atoms with E-state index in [0.717, 1.165) is 72.8 Å². The van der Waals surface area contributed by atoms with Crippen molar-refractivity contribution in [1.82, 2.24) is 19.6 Å². The largest absolute Gasteiger partial charge is 0.504 e. The van der Waals surface area contributed by atoms with Gasteiger partial charge < -0.3 is 14.4 Å². The molecule has 7 heteroatoms. The van der Waals surface area contributed by atoms with Crippen LogP contribution in [-0.2, 0) is 21.1 Å². The molecule has 0 unspecified atom stereocenters. The topological polar surface area (TPSA) is 42.1 Å². The summed E-state index contributed by atoms with van der Waals surface area (Å²) in [5, 5.41) is 12.3. The molecule has 47 heavy (non-hydrogen) atoms. The third-order valence-corrected chi connectivity index (χ3v) is 8.57. The predicted molar refractivity (Wildman–Crippen MR) is 186 cm³/mol. The van der Waals surface area contributed by atoms with Crippen LogP contribution in [0.15, 0.2) is 140 Å². The molecule has 0 aliphatic carbocycles. The normalized spacial score (nSPS) is 12.4. The third kappa shape index (κ3) is 4.84. The summed E-state index contributed by atoms with van der Waals surface area (Å²) in [6.45, 7) is 2.11. The number of benzene rings is 6. The average molecular weight is 787 g/mol. The van der Waals surface area contributed by atoms with Crippen LogP contribution in [0.5, 0.6) is 0 Å². The van der Waals surface area contributed by atoms with E-state index in [2.05, 4.69) is 143 Å². The number of hydrogen-bond donors (Lipinski definition) is 0. The van der Waals surface area contributed by atoms with E-state index < -0.39 is 0 Å². The summed E-state index contributed by atoms with van der Waals surface area (Å²) in [4.78, 5) is 6.03. The molecule has 230 valence electrons. The summed E-state index contributed by atoms with van der Waals surface area (Å²) in [6, 6.07) is 55.3. The Morgan fingerprint density at radius 3 is 1.87 bits per heavy atom. The molecule has 3 heterocycles. The van der Waals surface area contributed by atoms with Crippen LogP contribution >= 0.6 is 0 Å². The Labute approximate surface area is 287 Å². The Kier molecular flexibility index (Phi) is 7.23. The van der Waals surface area contributed by atoms with Gasteiger partial charge in [-0.1, -0.05) is 102 Å². The SMILES string of the molecule is CN1[CH-]N(c2[c-]c(-n3c4[c-]c(-n5nc(-c6ccccc6)c(-c6ccccc6)n5)ccc4c4ccccc43)ccc2)c2ccccc21.[Pt]. The van der Waals surface area contributed by atoms with Gasteiger partial charge in [0, 0.05) is 49.1 Å². The van der Waals surface area contributed by atoms with Crippen molar-refractivity contribution in [2.24, 2.45) is 0 Å². The Morgan fingerprint density at radius 2 is 1.15 bits per heavy atom. The van der Waals surface area contributed by atoms with E-state index >= 15 is 0 Å². The number of para-hydroxylation sites is 3. The molecule has 1 aliphatic rings. The van der Waals surface area contributed by atoms with E-state index in [1.807, 2.05) is 36.4 Å². The van der Waals surface area contributed by atoms with Crippen molar-refractivity contribution in [3.8, 4) is 33.9 Å². The Bertz CT molecular complexity index is 2320. The van der Waals surface area contributed by atoms with Gasteiger partial charge in [-0.05, 0) is 36.3 Å². The Morgan fingerprint density at radius 1 is 0.532 bits per heavy atom. The molecule has 0 saturated carbocycles. The van der Waals surface area contributed by atoms with Crippen molar-refractivity contribution in [3.63, 3.8) is 0 Å². The summed E-state index contributed by atoms with van der Waals surface area (Å²) in [5.74, 6) is 0. The molecule has 0 atom stereocenters. The first-order valence-electron chi connectivity index (χ1n) is 15.3. The first-order chi connectivity index (χ1) is 22.7. The molecule has 6 aromatic carbocycles. The van der Waals surface area contributed by atoms with Gasteiger partial charge in [0.2, 0.25) is 0 Å². The van der Waals surface area contributed by atoms with Gasteiger partial charge in [0.1, 0.15) is 11.4 Å². The molecule has 0 spiro atoms. The van der Waals surface area contributed by atoms with Crippen LogP contribution < -0.4 is 9.80 Å². The molecule has 9 rings (SSSR count). The molecule has 1 aliphatic heterocycles. The van der Waals surface area contributed by atoms with Crippen LogP contribution in [0.3, 0.4) is 0 Å². The minimum Gasteiger partial charge on any atom is -0.504 e. The predicted octanol–water partition coefficient (Wildman–Crippen LogP) is 9.00. The zero-order chi connectivity index (χ0) is 30.6. The second kappa shape index (κ2) is 11.7. The van der Waals surface area contributed by atoms with Gasteiger partial charge in [0.25, 0.3) is 0 Å². The number of hydrogen-bond acceptors (Lipinski definition) is 4. The standard InChI is InChI=1S/C40H27N6.Pt/c1-43-27-44(37-22-11-10-21-36(37)43)30-17-12-18-31(25-30)45-35-20-9-8-19-33(35)34-24-23-32(26-38(34)45)46-41-39(28-13-4-2-5-14-28)40(42-46)29-15-6-3-7-16-29;/h2-24,27H,1H3;/q-3;. The first kappa shape index (κ1) is 29.0. The van der Waals surface area contributed by atoms with Crippen LogP contribution in [-0.4, -0.2) is 26.6 Å². The van der Waals surface area contributed by atoms with Gasteiger partial charge in [0.15, 0.2) is 0 Å². The number of fused-ring (bicyclic) bond motifs is 4. The smallest absolute Gasteiger partial charge is 0.121 e. The molecule has 0 saturated heterocycles. The molecule has 0 amide bonds. The average Bonchev–Trinajstić information content (AvgIpc) is 3.81. The second-order valence-corrected chi connectivity index (χ2v) is 11.4. The molecule has 8 aromatic rings. The maximum atomic E-state index is 5.03. The third-order valence-electron chi connectivity index (χ3n) is 8.57. The number of aromatic nitrogens is 4. The summed E-state index contributed by atoms with van der Waals surface area (Å²) in [6.07, 6.45) is 0. The zero-order valence-corrected chi connectivity index (χ0v) is 27.6. The van der Waals surface area contributed by atoms with Gasteiger partial charge in [0.05, 0.1) is 0 Å². The molecule has 0 N–H and O–H groups in total. The maximum absolute atomic E-state index is 5.03. The van der Waals surface area contributed by atoms with Crippen LogP contribution in [0, 0.1) is 18.8 Å². The van der Waals surface area contributed by atoms with Crippen LogP contribution in [0.2, 0.25) is 0 Å². The molecular formula is C40H27N6Pt-3. The van der Waals surface area contributed by atoms with E-state index in [-0.39, 0.29) is 21.1 Å². The maximum Gasteiger partial charge on any atom is 0.121 e. The van der Waals surface area contributed by atoms with Gasteiger partial charge in [-0.15, -0.1) is 51.6 Å². The van der Waals surface area contributed by atoms with Crippen molar-refractivity contribution in [2.45, 2.75) is 0 Å². The van der Waals surface area contributed by atoms with Gasteiger partial charge in [-0.3, -0.25) is 0 Å². The number of anilines is 3. The van der Waals surface area contributed by atoms with E-state index in [1.165, 1.54) is 0 Å². The molecule has 0 fully saturated rings. The number of rotatable bonds is 5. The molecule has 2 aromatic heterocycles. The fourth-order valence-electron chi connectivity index (χ4n) is 6.42. The minimum absolute atomic E-state index is 0. The van der Waals surface area contributed by atoms with E-state index in [4.69, 9.17) is 10.2 Å². The zero-order valence-electron chi connectivity index (χ0n) is 25.4. The molecule has 0 bridgehead atoms. The van der Waals surface area contributed by atoms with E-state index in [1.54, 1.807) is 4.80 Å². The summed E-state index contributed by atoms with van der Waals surface area (Å²) in [5.41, 5.74) is 10.7. The molecular weight excluding hydrogens is 760 g/mol. The van der Waals surface area contributed by atoms with Crippen molar-refractivity contribution >= 4 is 38.9 Å².